The number of nitrogens with zero attached hydrogens (tertiary/aromatic N) is 2. The van der Waals surface area contributed by atoms with E-state index in [1.807, 2.05) is 6.07 Å². The molecular formula is C13H9N3O2. The first-order chi connectivity index (χ1) is 8.69. The monoisotopic (exact) mass is 239 g/mol. The van der Waals surface area contributed by atoms with Gasteiger partial charge in [0.05, 0.1) is 11.1 Å². The largest absolute Gasteiger partial charge is 0.478 e. The molecule has 0 aliphatic carbocycles. The maximum atomic E-state index is 10.7. The molecule has 0 spiro atoms. The molecule has 0 aliphatic rings. The van der Waals surface area contributed by atoms with Gasteiger partial charge in [0, 0.05) is 11.9 Å². The highest BCUT2D eigenvalue weighted by atomic mass is 16.4. The third-order valence-corrected chi connectivity index (χ3v) is 2.30. The first-order valence-corrected chi connectivity index (χ1v) is 5.15. The van der Waals surface area contributed by atoms with Crippen LogP contribution in [0.15, 0.2) is 42.6 Å². The average Bonchev–Trinajstić information content (AvgIpc) is 2.40. The van der Waals surface area contributed by atoms with Crippen LogP contribution in [0.1, 0.15) is 15.9 Å². The zero-order valence-corrected chi connectivity index (χ0v) is 9.29. The quantitative estimate of drug-likeness (QED) is 0.858. The second-order valence-electron chi connectivity index (χ2n) is 3.55. The number of benzene rings is 1. The van der Waals surface area contributed by atoms with E-state index < -0.39 is 5.97 Å². The second kappa shape index (κ2) is 4.97. The van der Waals surface area contributed by atoms with Gasteiger partial charge in [-0.1, -0.05) is 0 Å². The Morgan fingerprint density at radius 2 is 1.94 bits per heavy atom. The Kier molecular flexibility index (Phi) is 3.21. The van der Waals surface area contributed by atoms with E-state index in [2.05, 4.69) is 10.3 Å². The molecule has 2 N–H and O–H groups in total. The number of carboxylic acids is 1. The van der Waals surface area contributed by atoms with Gasteiger partial charge in [-0.3, -0.25) is 0 Å². The van der Waals surface area contributed by atoms with Crippen LogP contribution in [0.3, 0.4) is 0 Å². The van der Waals surface area contributed by atoms with Crippen LogP contribution >= 0.6 is 0 Å². The van der Waals surface area contributed by atoms with Crippen molar-refractivity contribution < 1.29 is 9.90 Å². The van der Waals surface area contributed by atoms with Crippen LogP contribution < -0.4 is 5.32 Å². The molecule has 0 saturated heterocycles. The van der Waals surface area contributed by atoms with E-state index in [1.165, 1.54) is 18.3 Å². The fraction of sp³-hybridized carbons (Fsp3) is 0. The third kappa shape index (κ3) is 2.62. The SMILES string of the molecule is N#Cc1ccc(Nc2ccc(C(=O)O)cc2)nc1. The lowest BCUT2D eigenvalue weighted by Crippen LogP contribution is -1.97. The Morgan fingerprint density at radius 1 is 1.22 bits per heavy atom. The topological polar surface area (TPSA) is 86.0 Å². The van der Waals surface area contributed by atoms with Crippen molar-refractivity contribution >= 4 is 17.5 Å². The van der Waals surface area contributed by atoms with Crippen molar-refractivity contribution in [1.82, 2.24) is 4.98 Å². The highest BCUT2D eigenvalue weighted by Gasteiger charge is 2.02. The summed E-state index contributed by atoms with van der Waals surface area (Å²) in [4.78, 5) is 14.7. The Bertz CT molecular complexity index is 598. The van der Waals surface area contributed by atoms with Crippen molar-refractivity contribution in [1.29, 1.82) is 5.26 Å². The summed E-state index contributed by atoms with van der Waals surface area (Å²) in [5.41, 5.74) is 1.45. The number of carboxylic acid groups (broad SMARTS) is 1. The van der Waals surface area contributed by atoms with Crippen LogP contribution in [-0.4, -0.2) is 16.1 Å². The summed E-state index contributed by atoms with van der Waals surface area (Å²) in [6, 6.07) is 11.6. The second-order valence-corrected chi connectivity index (χ2v) is 3.55. The van der Waals surface area contributed by atoms with Gasteiger partial charge in [-0.05, 0) is 36.4 Å². The molecule has 1 aromatic heterocycles. The summed E-state index contributed by atoms with van der Waals surface area (Å²) in [5.74, 6) is -0.366. The van der Waals surface area contributed by atoms with Gasteiger partial charge in [-0.2, -0.15) is 5.26 Å². The summed E-state index contributed by atoms with van der Waals surface area (Å²) >= 11 is 0. The lowest BCUT2D eigenvalue weighted by molar-refractivity contribution is 0.0697. The minimum absolute atomic E-state index is 0.230. The van der Waals surface area contributed by atoms with Gasteiger partial charge >= 0.3 is 5.97 Å². The summed E-state index contributed by atoms with van der Waals surface area (Å²) in [7, 11) is 0. The highest BCUT2D eigenvalue weighted by molar-refractivity contribution is 5.88. The minimum atomic E-state index is -0.960. The van der Waals surface area contributed by atoms with Crippen LogP contribution in [0.5, 0.6) is 0 Å². The average molecular weight is 239 g/mol. The summed E-state index contributed by atoms with van der Waals surface area (Å²) in [5, 5.41) is 20.4. The van der Waals surface area contributed by atoms with Crippen LogP contribution in [0.2, 0.25) is 0 Å². The Morgan fingerprint density at radius 3 is 2.44 bits per heavy atom. The molecule has 0 saturated carbocycles. The van der Waals surface area contributed by atoms with Gasteiger partial charge in [0.1, 0.15) is 11.9 Å². The molecule has 1 heterocycles. The van der Waals surface area contributed by atoms with Gasteiger partial charge < -0.3 is 10.4 Å². The molecule has 0 bridgehead atoms. The standard InChI is InChI=1S/C13H9N3O2/c14-7-9-1-6-12(15-8-9)16-11-4-2-10(3-5-11)13(17)18/h1-6,8H,(H,15,16)(H,17,18). The van der Waals surface area contributed by atoms with E-state index in [4.69, 9.17) is 10.4 Å². The number of nitriles is 1. The van der Waals surface area contributed by atoms with Crippen LogP contribution in [0, 0.1) is 11.3 Å². The highest BCUT2D eigenvalue weighted by Crippen LogP contribution is 2.15. The smallest absolute Gasteiger partial charge is 0.335 e. The maximum Gasteiger partial charge on any atom is 0.335 e. The van der Waals surface area contributed by atoms with Gasteiger partial charge in [0.25, 0.3) is 0 Å². The minimum Gasteiger partial charge on any atom is -0.478 e. The molecule has 0 fully saturated rings. The van der Waals surface area contributed by atoms with Gasteiger partial charge in [-0.15, -0.1) is 0 Å². The van der Waals surface area contributed by atoms with E-state index in [0.717, 1.165) is 5.69 Å². The molecule has 0 atom stereocenters. The molecule has 5 heteroatoms. The molecule has 18 heavy (non-hydrogen) atoms. The Hall–Kier alpha value is -2.87. The van der Waals surface area contributed by atoms with Crippen LogP contribution in [0.25, 0.3) is 0 Å². The molecule has 2 rings (SSSR count). The number of aromatic carboxylic acids is 1. The normalized spacial score (nSPS) is 9.50. The number of carbonyl (C=O) groups is 1. The van der Waals surface area contributed by atoms with Crippen LogP contribution in [0.4, 0.5) is 11.5 Å². The molecule has 0 radical (unpaired) electrons. The van der Waals surface area contributed by atoms with E-state index in [-0.39, 0.29) is 5.56 Å². The van der Waals surface area contributed by atoms with Crippen molar-refractivity contribution in [2.45, 2.75) is 0 Å². The maximum absolute atomic E-state index is 10.7. The van der Waals surface area contributed by atoms with Gasteiger partial charge in [-0.25, -0.2) is 9.78 Å². The van der Waals surface area contributed by atoms with Crippen molar-refractivity contribution in [3.8, 4) is 6.07 Å². The fourth-order valence-corrected chi connectivity index (χ4v) is 1.38. The summed E-state index contributed by atoms with van der Waals surface area (Å²) < 4.78 is 0. The Balaban J connectivity index is 2.13. The number of rotatable bonds is 3. The molecule has 2 aromatic rings. The molecule has 0 aliphatic heterocycles. The third-order valence-electron chi connectivity index (χ3n) is 2.30. The molecule has 1 aromatic carbocycles. The molecule has 88 valence electrons. The zero-order chi connectivity index (χ0) is 13.0. The number of pyridine rings is 1. The fourth-order valence-electron chi connectivity index (χ4n) is 1.38. The van der Waals surface area contributed by atoms with Crippen molar-refractivity contribution in [2.75, 3.05) is 5.32 Å². The number of anilines is 2. The van der Waals surface area contributed by atoms with Crippen molar-refractivity contribution in [3.63, 3.8) is 0 Å². The first kappa shape index (κ1) is 11.6. The number of hydrogen-bond donors (Lipinski definition) is 2. The zero-order valence-electron chi connectivity index (χ0n) is 9.29. The van der Waals surface area contributed by atoms with E-state index >= 15 is 0 Å². The predicted octanol–water partition coefficient (Wildman–Crippen LogP) is 2.40. The van der Waals surface area contributed by atoms with E-state index in [0.29, 0.717) is 11.4 Å². The van der Waals surface area contributed by atoms with Crippen molar-refractivity contribution in [2.24, 2.45) is 0 Å². The molecule has 0 amide bonds. The van der Waals surface area contributed by atoms with Crippen LogP contribution in [-0.2, 0) is 0 Å². The molecule has 5 nitrogen and oxygen atoms in total. The van der Waals surface area contributed by atoms with E-state index in [9.17, 15) is 4.79 Å². The molecular weight excluding hydrogens is 230 g/mol. The number of hydrogen-bond acceptors (Lipinski definition) is 4. The first-order valence-electron chi connectivity index (χ1n) is 5.15. The summed E-state index contributed by atoms with van der Waals surface area (Å²) in [6.45, 7) is 0. The molecule has 0 unspecified atom stereocenters. The van der Waals surface area contributed by atoms with Gasteiger partial charge in [0.15, 0.2) is 0 Å². The Labute approximate surface area is 103 Å². The van der Waals surface area contributed by atoms with E-state index in [1.54, 1.807) is 24.3 Å². The lowest BCUT2D eigenvalue weighted by atomic mass is 10.2. The number of aromatic nitrogens is 1. The summed E-state index contributed by atoms with van der Waals surface area (Å²) in [6.07, 6.45) is 1.47. The van der Waals surface area contributed by atoms with Crippen molar-refractivity contribution in [3.05, 3.63) is 53.7 Å². The predicted molar refractivity (Wildman–Crippen MR) is 65.6 cm³/mol. The van der Waals surface area contributed by atoms with Gasteiger partial charge in [0.2, 0.25) is 0 Å². The lowest BCUT2D eigenvalue weighted by Gasteiger charge is -2.05. The number of nitrogens with one attached hydrogen (secondary N) is 1.